The van der Waals surface area contributed by atoms with Crippen LogP contribution >= 0.6 is 11.8 Å². The number of benzene rings is 1. The molecule has 124 valence electrons. The SMILES string of the molecule is CCCn1c(S[C@H](C)C(=O)Nc2ccccc2OC)n[nH]c1=O. The van der Waals surface area contributed by atoms with Crippen molar-refractivity contribution >= 4 is 23.4 Å². The van der Waals surface area contributed by atoms with Crippen molar-refractivity contribution in [3.05, 3.63) is 34.7 Å². The smallest absolute Gasteiger partial charge is 0.343 e. The standard InChI is InChI=1S/C15H20N4O3S/c1-4-9-19-14(21)17-18-15(19)23-10(2)13(20)16-11-7-5-6-8-12(11)22-3/h5-8,10H,4,9H2,1-3H3,(H,16,20)(H,17,21)/t10-/m1/s1. The Hall–Kier alpha value is -2.22. The molecule has 0 saturated carbocycles. The molecule has 7 nitrogen and oxygen atoms in total. The Bertz CT molecular complexity index is 726. The lowest BCUT2D eigenvalue weighted by Crippen LogP contribution is -2.24. The number of aromatic nitrogens is 3. The largest absolute Gasteiger partial charge is 0.495 e. The first-order valence-corrected chi connectivity index (χ1v) is 8.20. The number of nitrogens with one attached hydrogen (secondary N) is 2. The molecule has 0 aliphatic rings. The number of carbonyl (C=O) groups excluding carboxylic acids is 1. The zero-order valence-corrected chi connectivity index (χ0v) is 14.1. The molecule has 0 fully saturated rings. The monoisotopic (exact) mass is 336 g/mol. The summed E-state index contributed by atoms with van der Waals surface area (Å²) in [4.78, 5) is 24.0. The third-order valence-corrected chi connectivity index (χ3v) is 4.28. The van der Waals surface area contributed by atoms with Crippen molar-refractivity contribution in [1.29, 1.82) is 0 Å². The van der Waals surface area contributed by atoms with Crippen molar-refractivity contribution in [3.8, 4) is 5.75 Å². The fraction of sp³-hybridized carbons (Fsp3) is 0.400. The molecule has 0 radical (unpaired) electrons. The predicted molar refractivity (Wildman–Crippen MR) is 90.1 cm³/mol. The van der Waals surface area contributed by atoms with Crippen LogP contribution in [-0.4, -0.2) is 33.0 Å². The Morgan fingerprint density at radius 1 is 1.48 bits per heavy atom. The van der Waals surface area contributed by atoms with Crippen LogP contribution in [0.15, 0.2) is 34.2 Å². The van der Waals surface area contributed by atoms with Gasteiger partial charge in [0, 0.05) is 6.54 Å². The van der Waals surface area contributed by atoms with Gasteiger partial charge >= 0.3 is 5.69 Å². The lowest BCUT2D eigenvalue weighted by molar-refractivity contribution is -0.115. The third kappa shape index (κ3) is 4.16. The molecule has 2 rings (SSSR count). The molecule has 0 spiro atoms. The van der Waals surface area contributed by atoms with Crippen molar-refractivity contribution in [2.45, 2.75) is 37.2 Å². The van der Waals surface area contributed by atoms with Gasteiger partial charge in [-0.15, -0.1) is 5.10 Å². The second-order valence-corrected chi connectivity index (χ2v) is 6.22. The maximum Gasteiger partial charge on any atom is 0.343 e. The fourth-order valence-electron chi connectivity index (χ4n) is 2.01. The highest BCUT2D eigenvalue weighted by atomic mass is 32.2. The Labute approximate surface area is 138 Å². The van der Waals surface area contributed by atoms with E-state index in [4.69, 9.17) is 4.74 Å². The molecule has 1 heterocycles. The average Bonchev–Trinajstić information content (AvgIpc) is 2.89. The molecule has 0 unspecified atom stereocenters. The highest BCUT2D eigenvalue weighted by Crippen LogP contribution is 2.26. The molecule has 23 heavy (non-hydrogen) atoms. The van der Waals surface area contributed by atoms with Crippen LogP contribution in [-0.2, 0) is 11.3 Å². The number of H-pyrrole nitrogens is 1. The number of amides is 1. The summed E-state index contributed by atoms with van der Waals surface area (Å²) in [5.41, 5.74) is 0.354. The van der Waals surface area contributed by atoms with E-state index in [9.17, 15) is 9.59 Å². The van der Waals surface area contributed by atoms with Crippen LogP contribution in [0.25, 0.3) is 0 Å². The molecule has 1 amide bonds. The average molecular weight is 336 g/mol. The first-order chi connectivity index (χ1) is 11.1. The molecule has 1 aromatic heterocycles. The lowest BCUT2D eigenvalue weighted by Gasteiger charge is -2.14. The van der Waals surface area contributed by atoms with E-state index in [1.165, 1.54) is 16.3 Å². The summed E-state index contributed by atoms with van der Waals surface area (Å²) in [5, 5.41) is 9.33. The number of ether oxygens (including phenoxy) is 1. The number of aromatic amines is 1. The van der Waals surface area contributed by atoms with Gasteiger partial charge in [0.1, 0.15) is 5.75 Å². The minimum absolute atomic E-state index is 0.182. The minimum atomic E-state index is -0.411. The summed E-state index contributed by atoms with van der Waals surface area (Å²) in [6, 6.07) is 7.21. The van der Waals surface area contributed by atoms with E-state index < -0.39 is 5.25 Å². The maximum atomic E-state index is 12.3. The summed E-state index contributed by atoms with van der Waals surface area (Å²) < 4.78 is 6.75. The maximum absolute atomic E-state index is 12.3. The first kappa shape index (κ1) is 17.1. The van der Waals surface area contributed by atoms with Crippen LogP contribution in [0.3, 0.4) is 0 Å². The van der Waals surface area contributed by atoms with Crippen LogP contribution in [0.4, 0.5) is 5.69 Å². The summed E-state index contributed by atoms with van der Waals surface area (Å²) in [6.07, 6.45) is 0.814. The Morgan fingerprint density at radius 2 is 2.22 bits per heavy atom. The summed E-state index contributed by atoms with van der Waals surface area (Å²) in [7, 11) is 1.55. The first-order valence-electron chi connectivity index (χ1n) is 7.32. The van der Waals surface area contributed by atoms with Crippen molar-refractivity contribution in [1.82, 2.24) is 14.8 Å². The molecular weight excluding hydrogens is 316 g/mol. The van der Waals surface area contributed by atoms with Crippen LogP contribution in [0.2, 0.25) is 0 Å². The highest BCUT2D eigenvalue weighted by Gasteiger charge is 2.19. The van der Waals surface area contributed by atoms with Crippen LogP contribution in [0, 0.1) is 0 Å². The summed E-state index contributed by atoms with van der Waals surface area (Å²) >= 11 is 1.24. The number of hydrogen-bond donors (Lipinski definition) is 2. The van der Waals surface area contributed by atoms with E-state index in [0.29, 0.717) is 23.1 Å². The van der Waals surface area contributed by atoms with Gasteiger partial charge in [-0.05, 0) is 25.5 Å². The zero-order valence-electron chi connectivity index (χ0n) is 13.3. The second kappa shape index (κ2) is 7.87. The number of hydrogen-bond acceptors (Lipinski definition) is 5. The third-order valence-electron chi connectivity index (χ3n) is 3.19. The fourth-order valence-corrected chi connectivity index (χ4v) is 2.89. The molecule has 0 aliphatic heterocycles. The normalized spacial score (nSPS) is 12.0. The number of thioether (sulfide) groups is 1. The number of rotatable bonds is 7. The van der Waals surface area contributed by atoms with Gasteiger partial charge in [-0.2, -0.15) is 0 Å². The Kier molecular flexibility index (Phi) is 5.86. The van der Waals surface area contributed by atoms with Gasteiger partial charge in [0.05, 0.1) is 18.0 Å². The van der Waals surface area contributed by atoms with Crippen LogP contribution < -0.4 is 15.7 Å². The lowest BCUT2D eigenvalue weighted by atomic mass is 10.3. The number of para-hydroxylation sites is 2. The van der Waals surface area contributed by atoms with Crippen molar-refractivity contribution in [3.63, 3.8) is 0 Å². The van der Waals surface area contributed by atoms with Gasteiger partial charge in [0.2, 0.25) is 5.91 Å². The van der Waals surface area contributed by atoms with E-state index in [2.05, 4.69) is 15.5 Å². The molecular formula is C15H20N4O3S. The predicted octanol–water partition coefficient (Wildman–Crippen LogP) is 2.11. The van der Waals surface area contributed by atoms with Crippen molar-refractivity contribution in [2.24, 2.45) is 0 Å². The summed E-state index contributed by atoms with van der Waals surface area (Å²) in [5.74, 6) is 0.415. The minimum Gasteiger partial charge on any atom is -0.495 e. The van der Waals surface area contributed by atoms with E-state index in [1.807, 2.05) is 19.1 Å². The van der Waals surface area contributed by atoms with Crippen LogP contribution in [0.5, 0.6) is 5.75 Å². The molecule has 2 aromatic rings. The van der Waals surface area contributed by atoms with Gasteiger partial charge in [-0.1, -0.05) is 30.8 Å². The number of methoxy groups -OCH3 is 1. The van der Waals surface area contributed by atoms with Gasteiger partial charge in [-0.3, -0.25) is 9.36 Å². The molecule has 1 aromatic carbocycles. The molecule has 0 bridgehead atoms. The number of anilines is 1. The van der Waals surface area contributed by atoms with Crippen LogP contribution in [0.1, 0.15) is 20.3 Å². The van der Waals surface area contributed by atoms with E-state index in [-0.39, 0.29) is 11.6 Å². The molecule has 0 saturated heterocycles. The quantitative estimate of drug-likeness (QED) is 0.756. The molecule has 2 N–H and O–H groups in total. The Morgan fingerprint density at radius 3 is 2.91 bits per heavy atom. The summed E-state index contributed by atoms with van der Waals surface area (Å²) in [6.45, 7) is 4.31. The second-order valence-electron chi connectivity index (χ2n) is 4.91. The van der Waals surface area contributed by atoms with E-state index in [1.54, 1.807) is 26.2 Å². The van der Waals surface area contributed by atoms with Gasteiger partial charge in [-0.25, -0.2) is 9.89 Å². The molecule has 1 atom stereocenters. The highest BCUT2D eigenvalue weighted by molar-refractivity contribution is 8.00. The van der Waals surface area contributed by atoms with Gasteiger partial charge in [0.15, 0.2) is 5.16 Å². The van der Waals surface area contributed by atoms with Gasteiger partial charge < -0.3 is 10.1 Å². The van der Waals surface area contributed by atoms with Gasteiger partial charge in [0.25, 0.3) is 0 Å². The zero-order chi connectivity index (χ0) is 16.8. The number of nitrogens with zero attached hydrogens (tertiary/aromatic N) is 2. The number of carbonyl (C=O) groups is 1. The topological polar surface area (TPSA) is 89.0 Å². The van der Waals surface area contributed by atoms with E-state index >= 15 is 0 Å². The van der Waals surface area contributed by atoms with E-state index in [0.717, 1.165) is 6.42 Å². The Balaban J connectivity index is 2.07. The van der Waals surface area contributed by atoms with Crippen molar-refractivity contribution < 1.29 is 9.53 Å². The van der Waals surface area contributed by atoms with Crippen molar-refractivity contribution in [2.75, 3.05) is 12.4 Å². The molecule has 8 heteroatoms. The molecule has 0 aliphatic carbocycles.